The predicted octanol–water partition coefficient (Wildman–Crippen LogP) is 3.31. The van der Waals surface area contributed by atoms with Crippen LogP contribution >= 0.6 is 11.6 Å². The van der Waals surface area contributed by atoms with Crippen LogP contribution in [0.3, 0.4) is 0 Å². The molecular weight excluding hydrogens is 285 g/mol. The summed E-state index contributed by atoms with van der Waals surface area (Å²) < 4.78 is 13.6. The van der Waals surface area contributed by atoms with E-state index >= 15 is 0 Å². The third-order valence-corrected chi connectivity index (χ3v) is 3.92. The van der Waals surface area contributed by atoms with Gasteiger partial charge in [-0.15, -0.1) is 0 Å². The number of amides is 1. The van der Waals surface area contributed by atoms with Crippen molar-refractivity contribution >= 4 is 29.2 Å². The number of anilines is 1. The number of benzene rings is 1. The third-order valence-electron chi connectivity index (χ3n) is 3.61. The lowest BCUT2D eigenvalue weighted by atomic mass is 9.81. The molecule has 1 amide bonds. The van der Waals surface area contributed by atoms with E-state index in [4.69, 9.17) is 16.7 Å². The number of hydrogen-bond acceptors (Lipinski definition) is 2. The Morgan fingerprint density at radius 3 is 2.65 bits per heavy atom. The van der Waals surface area contributed by atoms with Gasteiger partial charge >= 0.3 is 5.97 Å². The van der Waals surface area contributed by atoms with Gasteiger partial charge in [0.15, 0.2) is 0 Å². The number of halogens is 2. The molecule has 0 heterocycles. The van der Waals surface area contributed by atoms with Crippen LogP contribution in [0.4, 0.5) is 10.1 Å². The highest BCUT2D eigenvalue weighted by atomic mass is 35.5. The summed E-state index contributed by atoms with van der Waals surface area (Å²) in [6.07, 6.45) is 2.16. The quantitative estimate of drug-likeness (QED) is 0.900. The van der Waals surface area contributed by atoms with Gasteiger partial charge in [0.2, 0.25) is 5.91 Å². The molecule has 0 aliphatic heterocycles. The van der Waals surface area contributed by atoms with Gasteiger partial charge in [-0.3, -0.25) is 9.59 Å². The zero-order valence-electron chi connectivity index (χ0n) is 10.7. The monoisotopic (exact) mass is 299 g/mol. The van der Waals surface area contributed by atoms with Crippen molar-refractivity contribution in [3.05, 3.63) is 29.0 Å². The number of carbonyl (C=O) groups is 2. The number of carboxylic acids is 1. The molecule has 0 bridgehead atoms. The predicted molar refractivity (Wildman–Crippen MR) is 73.1 cm³/mol. The second kappa shape index (κ2) is 6.22. The maximum Gasteiger partial charge on any atom is 0.306 e. The summed E-state index contributed by atoms with van der Waals surface area (Å²) in [6.45, 7) is 0. The number of carbonyl (C=O) groups excluding carboxylic acids is 1. The normalized spacial score (nSPS) is 22.3. The van der Waals surface area contributed by atoms with E-state index in [9.17, 15) is 14.0 Å². The molecular formula is C14H15ClFNO3. The summed E-state index contributed by atoms with van der Waals surface area (Å²) in [7, 11) is 0. The first-order chi connectivity index (χ1) is 9.49. The van der Waals surface area contributed by atoms with Crippen molar-refractivity contribution in [2.75, 3.05) is 5.32 Å². The first-order valence-corrected chi connectivity index (χ1v) is 6.84. The highest BCUT2D eigenvalue weighted by Crippen LogP contribution is 2.31. The van der Waals surface area contributed by atoms with Gasteiger partial charge in [-0.25, -0.2) is 4.39 Å². The Labute approximate surface area is 120 Å². The molecule has 6 heteroatoms. The number of carboxylic acid groups (broad SMARTS) is 1. The van der Waals surface area contributed by atoms with Gasteiger partial charge in [-0.05, 0) is 31.4 Å². The molecule has 1 aliphatic carbocycles. The highest BCUT2D eigenvalue weighted by molar-refractivity contribution is 6.33. The minimum Gasteiger partial charge on any atom is -0.481 e. The van der Waals surface area contributed by atoms with Gasteiger partial charge in [0, 0.05) is 5.92 Å². The molecule has 20 heavy (non-hydrogen) atoms. The lowest BCUT2D eigenvalue weighted by Crippen LogP contribution is -2.31. The van der Waals surface area contributed by atoms with Crippen molar-refractivity contribution < 1.29 is 19.1 Å². The average Bonchev–Trinajstić information content (AvgIpc) is 2.43. The van der Waals surface area contributed by atoms with Gasteiger partial charge in [0.1, 0.15) is 5.82 Å². The van der Waals surface area contributed by atoms with E-state index in [2.05, 4.69) is 5.32 Å². The molecule has 0 spiro atoms. The summed E-state index contributed by atoms with van der Waals surface area (Å²) in [5, 5.41) is 11.6. The fourth-order valence-electron chi connectivity index (χ4n) is 2.49. The van der Waals surface area contributed by atoms with Gasteiger partial charge in [-0.1, -0.05) is 24.1 Å². The number of rotatable bonds is 3. The maximum absolute atomic E-state index is 13.6. The minimum atomic E-state index is -0.883. The van der Waals surface area contributed by atoms with E-state index in [0.29, 0.717) is 19.3 Å². The first-order valence-electron chi connectivity index (χ1n) is 6.46. The van der Waals surface area contributed by atoms with Crippen LogP contribution in [-0.4, -0.2) is 17.0 Å². The van der Waals surface area contributed by atoms with Crippen molar-refractivity contribution in [3.8, 4) is 0 Å². The molecule has 2 unspecified atom stereocenters. The van der Waals surface area contributed by atoms with E-state index in [1.165, 1.54) is 18.2 Å². The summed E-state index contributed by atoms with van der Waals surface area (Å²) in [4.78, 5) is 23.1. The molecule has 1 aromatic rings. The van der Waals surface area contributed by atoms with Crippen molar-refractivity contribution in [1.29, 1.82) is 0 Å². The molecule has 1 saturated carbocycles. The Hall–Kier alpha value is -1.62. The van der Waals surface area contributed by atoms with E-state index in [1.54, 1.807) is 0 Å². The SMILES string of the molecule is O=C(O)C1CCCC(C(=O)Nc2c(F)cccc2Cl)C1. The standard InChI is InChI=1S/C14H15ClFNO3/c15-10-5-2-6-11(16)12(10)17-13(18)8-3-1-4-9(7-8)14(19)20/h2,5-6,8-9H,1,3-4,7H2,(H,17,18)(H,19,20). The molecule has 1 fully saturated rings. The maximum atomic E-state index is 13.6. The third kappa shape index (κ3) is 3.28. The topological polar surface area (TPSA) is 66.4 Å². The first kappa shape index (κ1) is 14.8. The van der Waals surface area contributed by atoms with E-state index in [1.807, 2.05) is 0 Å². The Kier molecular flexibility index (Phi) is 4.60. The highest BCUT2D eigenvalue weighted by Gasteiger charge is 2.31. The van der Waals surface area contributed by atoms with Gasteiger partial charge in [-0.2, -0.15) is 0 Å². The van der Waals surface area contributed by atoms with Crippen molar-refractivity contribution in [2.24, 2.45) is 11.8 Å². The van der Waals surface area contributed by atoms with Crippen LogP contribution in [0.5, 0.6) is 0 Å². The molecule has 0 radical (unpaired) electrons. The second-order valence-corrected chi connectivity index (χ2v) is 5.39. The van der Waals surface area contributed by atoms with Crippen LogP contribution in [0.1, 0.15) is 25.7 Å². The van der Waals surface area contributed by atoms with Crippen LogP contribution in [0.15, 0.2) is 18.2 Å². The van der Waals surface area contributed by atoms with Crippen molar-refractivity contribution in [1.82, 2.24) is 0 Å². The number of nitrogens with one attached hydrogen (secondary N) is 1. The fraction of sp³-hybridized carbons (Fsp3) is 0.429. The van der Waals surface area contributed by atoms with Crippen molar-refractivity contribution in [3.63, 3.8) is 0 Å². The average molecular weight is 300 g/mol. The fourth-order valence-corrected chi connectivity index (χ4v) is 2.70. The zero-order chi connectivity index (χ0) is 14.7. The van der Waals surface area contributed by atoms with E-state index in [0.717, 1.165) is 0 Å². The summed E-state index contributed by atoms with van der Waals surface area (Å²) in [5.74, 6) is -2.78. The molecule has 2 N–H and O–H groups in total. The van der Waals surface area contributed by atoms with Crippen molar-refractivity contribution in [2.45, 2.75) is 25.7 Å². The molecule has 0 aromatic heterocycles. The number of para-hydroxylation sites is 1. The Morgan fingerprint density at radius 1 is 1.30 bits per heavy atom. The lowest BCUT2D eigenvalue weighted by molar-refractivity contribution is -0.143. The molecule has 2 rings (SSSR count). The van der Waals surface area contributed by atoms with Gasteiger partial charge < -0.3 is 10.4 Å². The second-order valence-electron chi connectivity index (χ2n) is 4.98. The number of hydrogen-bond donors (Lipinski definition) is 2. The minimum absolute atomic E-state index is 0.0448. The van der Waals surface area contributed by atoms with E-state index in [-0.39, 0.29) is 23.0 Å². The Morgan fingerprint density at radius 2 is 2.00 bits per heavy atom. The largest absolute Gasteiger partial charge is 0.481 e. The summed E-state index contributed by atoms with van der Waals surface area (Å²) in [5.41, 5.74) is -0.0448. The van der Waals surface area contributed by atoms with Gasteiger partial charge in [0.25, 0.3) is 0 Å². The van der Waals surface area contributed by atoms with Crippen LogP contribution in [0, 0.1) is 17.7 Å². The number of aliphatic carboxylic acids is 1. The molecule has 1 aliphatic rings. The summed E-state index contributed by atoms with van der Waals surface area (Å²) in [6, 6.07) is 4.15. The molecule has 4 nitrogen and oxygen atoms in total. The van der Waals surface area contributed by atoms with Crippen LogP contribution in [0.25, 0.3) is 0 Å². The van der Waals surface area contributed by atoms with Crippen LogP contribution < -0.4 is 5.32 Å². The summed E-state index contributed by atoms with van der Waals surface area (Å²) >= 11 is 5.84. The molecule has 108 valence electrons. The lowest BCUT2D eigenvalue weighted by Gasteiger charge is -2.25. The van der Waals surface area contributed by atoms with Crippen LogP contribution in [0.2, 0.25) is 5.02 Å². The van der Waals surface area contributed by atoms with E-state index < -0.39 is 23.6 Å². The Balaban J connectivity index is 2.06. The molecule has 1 aromatic carbocycles. The zero-order valence-corrected chi connectivity index (χ0v) is 11.5. The Bertz CT molecular complexity index is 515. The van der Waals surface area contributed by atoms with Gasteiger partial charge in [0.05, 0.1) is 16.6 Å². The smallest absolute Gasteiger partial charge is 0.306 e. The molecule has 2 atom stereocenters. The molecule has 0 saturated heterocycles. The van der Waals surface area contributed by atoms with Crippen LogP contribution in [-0.2, 0) is 9.59 Å².